The van der Waals surface area contributed by atoms with Crippen LogP contribution in [-0.4, -0.2) is 95.1 Å². The van der Waals surface area contributed by atoms with E-state index in [0.29, 0.717) is 6.54 Å². The number of carboxylic acid groups (broad SMARTS) is 1. The number of rotatable bonds is 3. The summed E-state index contributed by atoms with van der Waals surface area (Å²) in [5.74, 6) is -1.33. The molecule has 0 bridgehead atoms. The molecular formula is C20H27N5O4. The SMILES string of the molecule is O=C(O)CN1CCN(C(=O)N2CCC3(CCN(c4ccncc4)CC3)C2)CC1=O. The fourth-order valence-electron chi connectivity index (χ4n) is 4.70. The summed E-state index contributed by atoms with van der Waals surface area (Å²) in [6, 6.07) is 3.97. The summed E-state index contributed by atoms with van der Waals surface area (Å²) in [5, 5.41) is 8.87. The van der Waals surface area contributed by atoms with E-state index in [9.17, 15) is 14.4 Å². The van der Waals surface area contributed by atoms with Gasteiger partial charge in [-0.3, -0.25) is 14.6 Å². The van der Waals surface area contributed by atoms with Gasteiger partial charge in [0.05, 0.1) is 0 Å². The Morgan fingerprint density at radius 3 is 2.34 bits per heavy atom. The van der Waals surface area contributed by atoms with Crippen LogP contribution in [0.1, 0.15) is 19.3 Å². The molecule has 4 rings (SSSR count). The maximum atomic E-state index is 12.9. The molecule has 0 atom stereocenters. The van der Waals surface area contributed by atoms with Gasteiger partial charge in [-0.1, -0.05) is 0 Å². The lowest BCUT2D eigenvalue weighted by molar-refractivity contribution is -0.146. The van der Waals surface area contributed by atoms with Gasteiger partial charge in [-0.25, -0.2) is 4.79 Å². The second kappa shape index (κ2) is 7.88. The zero-order valence-corrected chi connectivity index (χ0v) is 16.5. The highest BCUT2D eigenvalue weighted by Gasteiger charge is 2.43. The molecule has 0 saturated carbocycles. The van der Waals surface area contributed by atoms with Crippen LogP contribution in [0.5, 0.6) is 0 Å². The normalized spacial score (nSPS) is 21.7. The summed E-state index contributed by atoms with van der Waals surface area (Å²) in [6.07, 6.45) is 6.71. The fraction of sp³-hybridized carbons (Fsp3) is 0.600. The predicted octanol–water partition coefficient (Wildman–Crippen LogP) is 0.723. The van der Waals surface area contributed by atoms with Crippen LogP contribution in [0.4, 0.5) is 10.5 Å². The molecule has 4 heterocycles. The lowest BCUT2D eigenvalue weighted by Crippen LogP contribution is -2.56. The van der Waals surface area contributed by atoms with Crippen LogP contribution in [-0.2, 0) is 9.59 Å². The highest BCUT2D eigenvalue weighted by atomic mass is 16.4. The Hall–Kier alpha value is -2.84. The molecule has 29 heavy (non-hydrogen) atoms. The topological polar surface area (TPSA) is 97.3 Å². The summed E-state index contributed by atoms with van der Waals surface area (Å²) < 4.78 is 0. The Kier molecular flexibility index (Phi) is 5.29. The standard InChI is InChI=1S/C20H27N5O4/c26-17-13-24(12-11-23(17)14-18(27)28)19(29)25-10-5-20(15-25)3-8-22(9-4-20)16-1-6-21-7-2-16/h1-2,6-7H,3-5,8-15H2,(H,27,28). The zero-order valence-electron chi connectivity index (χ0n) is 16.5. The smallest absolute Gasteiger partial charge is 0.323 e. The number of piperazine rings is 1. The van der Waals surface area contributed by atoms with Crippen molar-refractivity contribution in [3.8, 4) is 0 Å². The second-order valence-electron chi connectivity index (χ2n) is 8.28. The van der Waals surface area contributed by atoms with E-state index in [2.05, 4.69) is 9.88 Å². The quantitative estimate of drug-likeness (QED) is 0.802. The number of pyridine rings is 1. The largest absolute Gasteiger partial charge is 0.480 e. The molecule has 0 radical (unpaired) electrons. The Balaban J connectivity index is 1.30. The van der Waals surface area contributed by atoms with E-state index in [1.807, 2.05) is 29.4 Å². The third-order valence-corrected chi connectivity index (χ3v) is 6.48. The number of nitrogens with zero attached hydrogens (tertiary/aromatic N) is 5. The molecule has 0 aromatic carbocycles. The van der Waals surface area contributed by atoms with Crippen molar-refractivity contribution in [1.82, 2.24) is 19.7 Å². The molecule has 3 amide bonds. The van der Waals surface area contributed by atoms with E-state index < -0.39 is 5.97 Å². The minimum Gasteiger partial charge on any atom is -0.480 e. The molecule has 1 aromatic heterocycles. The molecule has 1 spiro atoms. The first-order chi connectivity index (χ1) is 14.0. The first-order valence-electron chi connectivity index (χ1n) is 10.1. The molecule has 3 fully saturated rings. The number of urea groups is 1. The van der Waals surface area contributed by atoms with Crippen molar-refractivity contribution in [2.45, 2.75) is 19.3 Å². The van der Waals surface area contributed by atoms with Gasteiger partial charge in [0.15, 0.2) is 0 Å². The van der Waals surface area contributed by atoms with Gasteiger partial charge in [0.25, 0.3) is 0 Å². The Labute approximate surface area is 169 Å². The van der Waals surface area contributed by atoms with Crippen LogP contribution in [0.3, 0.4) is 0 Å². The fourth-order valence-corrected chi connectivity index (χ4v) is 4.70. The molecule has 0 aliphatic carbocycles. The molecule has 9 heteroatoms. The lowest BCUT2D eigenvalue weighted by Gasteiger charge is -2.41. The third-order valence-electron chi connectivity index (χ3n) is 6.48. The van der Waals surface area contributed by atoms with Crippen molar-refractivity contribution in [3.05, 3.63) is 24.5 Å². The molecule has 9 nitrogen and oxygen atoms in total. The Morgan fingerprint density at radius 2 is 1.69 bits per heavy atom. The van der Waals surface area contributed by atoms with Gasteiger partial charge in [0, 0.05) is 57.3 Å². The predicted molar refractivity (Wildman–Crippen MR) is 105 cm³/mol. The highest BCUT2D eigenvalue weighted by Crippen LogP contribution is 2.41. The number of hydrogen-bond donors (Lipinski definition) is 1. The maximum Gasteiger partial charge on any atom is 0.323 e. The van der Waals surface area contributed by atoms with E-state index in [1.54, 1.807) is 4.90 Å². The number of hydrogen-bond acceptors (Lipinski definition) is 5. The summed E-state index contributed by atoms with van der Waals surface area (Å²) >= 11 is 0. The van der Waals surface area contributed by atoms with Crippen LogP contribution in [0, 0.1) is 5.41 Å². The van der Waals surface area contributed by atoms with Crippen molar-refractivity contribution < 1.29 is 19.5 Å². The van der Waals surface area contributed by atoms with Crippen molar-refractivity contribution >= 4 is 23.6 Å². The minimum absolute atomic E-state index is 0.0363. The Morgan fingerprint density at radius 1 is 1.00 bits per heavy atom. The van der Waals surface area contributed by atoms with E-state index in [4.69, 9.17) is 5.11 Å². The van der Waals surface area contributed by atoms with Gasteiger partial charge in [0.1, 0.15) is 13.1 Å². The van der Waals surface area contributed by atoms with Gasteiger partial charge >= 0.3 is 12.0 Å². The summed E-state index contributed by atoms with van der Waals surface area (Å²) in [6.45, 7) is 3.72. The lowest BCUT2D eigenvalue weighted by atomic mass is 9.77. The summed E-state index contributed by atoms with van der Waals surface area (Å²) in [4.78, 5) is 47.1. The van der Waals surface area contributed by atoms with Crippen molar-refractivity contribution in [2.75, 3.05) is 57.3 Å². The molecule has 3 aliphatic heterocycles. The van der Waals surface area contributed by atoms with Crippen LogP contribution in [0.2, 0.25) is 0 Å². The first kappa shape index (κ1) is 19.5. The van der Waals surface area contributed by atoms with Crippen LogP contribution < -0.4 is 4.90 Å². The summed E-state index contributed by atoms with van der Waals surface area (Å²) in [5.41, 5.74) is 1.35. The highest BCUT2D eigenvalue weighted by molar-refractivity contribution is 5.87. The number of piperidine rings is 1. The number of aliphatic carboxylic acids is 1. The third kappa shape index (κ3) is 4.13. The number of likely N-dealkylation sites (tertiary alicyclic amines) is 1. The van der Waals surface area contributed by atoms with Gasteiger partial charge in [-0.05, 0) is 36.8 Å². The molecule has 1 N–H and O–H groups in total. The van der Waals surface area contributed by atoms with Crippen LogP contribution >= 0.6 is 0 Å². The monoisotopic (exact) mass is 401 g/mol. The average molecular weight is 401 g/mol. The number of carbonyl (C=O) groups excluding carboxylic acids is 2. The van der Waals surface area contributed by atoms with E-state index in [0.717, 1.165) is 45.4 Å². The van der Waals surface area contributed by atoms with Gasteiger partial charge in [-0.15, -0.1) is 0 Å². The van der Waals surface area contributed by atoms with Crippen LogP contribution in [0.25, 0.3) is 0 Å². The van der Waals surface area contributed by atoms with Crippen molar-refractivity contribution in [3.63, 3.8) is 0 Å². The van der Waals surface area contributed by atoms with Crippen molar-refractivity contribution in [2.24, 2.45) is 5.41 Å². The second-order valence-corrected chi connectivity index (χ2v) is 8.28. The van der Waals surface area contributed by atoms with Crippen molar-refractivity contribution in [1.29, 1.82) is 0 Å². The number of aromatic nitrogens is 1. The molecule has 0 unspecified atom stereocenters. The first-order valence-corrected chi connectivity index (χ1v) is 10.1. The average Bonchev–Trinajstić information content (AvgIpc) is 3.13. The van der Waals surface area contributed by atoms with E-state index in [-0.39, 0.29) is 37.0 Å². The number of amides is 3. The maximum absolute atomic E-state index is 12.9. The molecule has 1 aromatic rings. The Bertz CT molecular complexity index is 778. The summed E-state index contributed by atoms with van der Waals surface area (Å²) in [7, 11) is 0. The molecule has 156 valence electrons. The minimum atomic E-state index is -1.03. The number of anilines is 1. The van der Waals surface area contributed by atoms with E-state index in [1.165, 1.54) is 10.6 Å². The molecule has 3 aliphatic rings. The van der Waals surface area contributed by atoms with Gasteiger partial charge in [0.2, 0.25) is 5.91 Å². The van der Waals surface area contributed by atoms with Crippen LogP contribution in [0.15, 0.2) is 24.5 Å². The van der Waals surface area contributed by atoms with Gasteiger partial charge < -0.3 is 24.7 Å². The number of carboxylic acids is 1. The zero-order chi connectivity index (χ0) is 20.4. The molecular weight excluding hydrogens is 374 g/mol. The molecule has 3 saturated heterocycles. The van der Waals surface area contributed by atoms with Gasteiger partial charge in [-0.2, -0.15) is 0 Å². The van der Waals surface area contributed by atoms with E-state index >= 15 is 0 Å². The number of carbonyl (C=O) groups is 3.